The third kappa shape index (κ3) is 4.09. The summed E-state index contributed by atoms with van der Waals surface area (Å²) < 4.78 is 0. The first-order valence-corrected chi connectivity index (χ1v) is 5.94. The van der Waals surface area contributed by atoms with E-state index in [2.05, 4.69) is 25.7 Å². The summed E-state index contributed by atoms with van der Waals surface area (Å²) in [7, 11) is 0. The van der Waals surface area contributed by atoms with E-state index in [0.717, 1.165) is 32.5 Å². The second-order valence-corrected chi connectivity index (χ2v) is 5.81. The minimum atomic E-state index is -0.231. The van der Waals surface area contributed by atoms with Crippen LogP contribution in [0.3, 0.4) is 0 Å². The zero-order valence-electron chi connectivity index (χ0n) is 10.2. The van der Waals surface area contributed by atoms with Crippen LogP contribution in [-0.2, 0) is 0 Å². The van der Waals surface area contributed by atoms with Crippen molar-refractivity contribution in [3.8, 4) is 0 Å². The largest absolute Gasteiger partial charge is 0.396 e. The molecule has 1 heterocycles. The molecule has 15 heavy (non-hydrogen) atoms. The molecule has 0 aromatic carbocycles. The summed E-state index contributed by atoms with van der Waals surface area (Å²) >= 11 is 0. The van der Waals surface area contributed by atoms with E-state index >= 15 is 0 Å². The number of rotatable bonds is 4. The minimum Gasteiger partial charge on any atom is -0.396 e. The molecule has 0 aromatic rings. The zero-order valence-corrected chi connectivity index (χ0v) is 10.2. The molecule has 2 unspecified atom stereocenters. The molecular formula is C12H25NO2. The van der Waals surface area contributed by atoms with Crippen LogP contribution in [0.2, 0.25) is 0 Å². The van der Waals surface area contributed by atoms with Gasteiger partial charge in [0.15, 0.2) is 0 Å². The third-order valence-corrected chi connectivity index (χ3v) is 3.35. The van der Waals surface area contributed by atoms with E-state index in [4.69, 9.17) is 5.11 Å². The first-order chi connectivity index (χ1) is 6.93. The highest BCUT2D eigenvalue weighted by atomic mass is 16.3. The van der Waals surface area contributed by atoms with Gasteiger partial charge in [0, 0.05) is 19.7 Å². The van der Waals surface area contributed by atoms with Gasteiger partial charge >= 0.3 is 0 Å². The highest BCUT2D eigenvalue weighted by Gasteiger charge is 2.25. The molecule has 2 atom stereocenters. The van der Waals surface area contributed by atoms with Gasteiger partial charge in [0.2, 0.25) is 0 Å². The second-order valence-electron chi connectivity index (χ2n) is 5.81. The van der Waals surface area contributed by atoms with Crippen LogP contribution in [0.25, 0.3) is 0 Å². The Labute approximate surface area is 93.1 Å². The summed E-state index contributed by atoms with van der Waals surface area (Å²) in [6, 6.07) is 0. The first-order valence-electron chi connectivity index (χ1n) is 5.94. The zero-order chi connectivity index (χ0) is 11.5. The molecule has 1 rings (SSSR count). The number of aliphatic hydroxyl groups excluding tert-OH is 2. The average Bonchev–Trinajstić information content (AvgIpc) is 2.60. The number of hydrogen-bond acceptors (Lipinski definition) is 3. The Morgan fingerprint density at radius 1 is 1.40 bits per heavy atom. The molecule has 3 nitrogen and oxygen atoms in total. The van der Waals surface area contributed by atoms with Crippen LogP contribution in [0.1, 0.15) is 33.6 Å². The molecule has 90 valence electrons. The van der Waals surface area contributed by atoms with E-state index in [1.54, 1.807) is 0 Å². The van der Waals surface area contributed by atoms with Crippen molar-refractivity contribution in [1.82, 2.24) is 4.90 Å². The smallest absolute Gasteiger partial charge is 0.0600 e. The number of likely N-dealkylation sites (tertiary alicyclic amines) is 1. The fourth-order valence-corrected chi connectivity index (χ4v) is 2.00. The number of aliphatic hydroxyl groups is 2. The predicted molar refractivity (Wildman–Crippen MR) is 61.7 cm³/mol. The Hall–Kier alpha value is -0.120. The summed E-state index contributed by atoms with van der Waals surface area (Å²) in [4.78, 5) is 2.34. The van der Waals surface area contributed by atoms with Crippen molar-refractivity contribution in [3.63, 3.8) is 0 Å². The lowest BCUT2D eigenvalue weighted by Crippen LogP contribution is -2.32. The monoisotopic (exact) mass is 215 g/mol. The molecule has 1 aliphatic rings. The summed E-state index contributed by atoms with van der Waals surface area (Å²) in [5.41, 5.74) is -0.0178. The Morgan fingerprint density at radius 3 is 2.53 bits per heavy atom. The van der Waals surface area contributed by atoms with Crippen molar-refractivity contribution in [3.05, 3.63) is 0 Å². The van der Waals surface area contributed by atoms with Crippen molar-refractivity contribution >= 4 is 0 Å². The van der Waals surface area contributed by atoms with Crippen LogP contribution in [0, 0.1) is 11.3 Å². The molecule has 1 fully saturated rings. The van der Waals surface area contributed by atoms with Gasteiger partial charge in [0.25, 0.3) is 0 Å². The number of nitrogens with zero attached hydrogens (tertiary/aromatic N) is 1. The van der Waals surface area contributed by atoms with Gasteiger partial charge in [-0.05, 0) is 30.7 Å². The highest BCUT2D eigenvalue weighted by Crippen LogP contribution is 2.23. The van der Waals surface area contributed by atoms with Crippen molar-refractivity contribution in [2.75, 3.05) is 26.2 Å². The van der Waals surface area contributed by atoms with E-state index in [0.29, 0.717) is 12.5 Å². The maximum absolute atomic E-state index is 9.89. The molecule has 0 bridgehead atoms. The summed E-state index contributed by atoms with van der Waals surface area (Å²) in [5, 5.41) is 18.9. The molecule has 1 saturated heterocycles. The van der Waals surface area contributed by atoms with Gasteiger partial charge in [-0.3, -0.25) is 0 Å². The molecule has 1 aliphatic heterocycles. The van der Waals surface area contributed by atoms with Crippen molar-refractivity contribution < 1.29 is 10.2 Å². The van der Waals surface area contributed by atoms with E-state index in [9.17, 15) is 5.11 Å². The number of hydrogen-bond donors (Lipinski definition) is 2. The molecule has 0 radical (unpaired) electrons. The minimum absolute atomic E-state index is 0.0178. The van der Waals surface area contributed by atoms with Gasteiger partial charge in [-0.25, -0.2) is 0 Å². The maximum Gasteiger partial charge on any atom is 0.0600 e. The van der Waals surface area contributed by atoms with E-state index in [1.807, 2.05) is 0 Å². The summed E-state index contributed by atoms with van der Waals surface area (Å²) in [6.07, 6.45) is 1.70. The lowest BCUT2D eigenvalue weighted by atomic mass is 9.87. The van der Waals surface area contributed by atoms with Gasteiger partial charge < -0.3 is 15.1 Å². The van der Waals surface area contributed by atoms with Crippen LogP contribution < -0.4 is 0 Å². The van der Waals surface area contributed by atoms with Gasteiger partial charge in [0.05, 0.1) is 6.10 Å². The van der Waals surface area contributed by atoms with Crippen LogP contribution in [0.15, 0.2) is 0 Å². The maximum atomic E-state index is 9.89. The molecule has 0 aromatic heterocycles. The quantitative estimate of drug-likeness (QED) is 0.738. The Kier molecular flexibility index (Phi) is 4.56. The normalized spacial score (nSPS) is 25.8. The molecule has 3 heteroatoms. The van der Waals surface area contributed by atoms with Crippen LogP contribution in [0.4, 0.5) is 0 Å². The molecule has 0 spiro atoms. The van der Waals surface area contributed by atoms with Gasteiger partial charge in [-0.2, -0.15) is 0 Å². The van der Waals surface area contributed by atoms with Gasteiger partial charge in [0.1, 0.15) is 0 Å². The standard InChI is InChI=1S/C12H25NO2/c1-12(2,3)11(15)5-7-13-6-4-10(8-13)9-14/h10-11,14-15H,4-9H2,1-3H3. The Balaban J connectivity index is 2.21. The average molecular weight is 215 g/mol. The molecule has 0 aliphatic carbocycles. The van der Waals surface area contributed by atoms with Crippen molar-refractivity contribution in [2.24, 2.45) is 11.3 Å². The summed E-state index contributed by atoms with van der Waals surface area (Å²) in [6.45, 7) is 9.53. The van der Waals surface area contributed by atoms with Crippen molar-refractivity contribution in [1.29, 1.82) is 0 Å². The Morgan fingerprint density at radius 2 is 2.07 bits per heavy atom. The molecule has 0 saturated carbocycles. The van der Waals surface area contributed by atoms with Crippen LogP contribution in [-0.4, -0.2) is 47.5 Å². The van der Waals surface area contributed by atoms with E-state index in [1.165, 1.54) is 0 Å². The summed E-state index contributed by atoms with van der Waals surface area (Å²) in [5.74, 6) is 0.455. The van der Waals surface area contributed by atoms with Gasteiger partial charge in [-0.15, -0.1) is 0 Å². The van der Waals surface area contributed by atoms with Crippen LogP contribution in [0.5, 0.6) is 0 Å². The molecular weight excluding hydrogens is 190 g/mol. The lowest BCUT2D eigenvalue weighted by molar-refractivity contribution is 0.0472. The molecule has 2 N–H and O–H groups in total. The topological polar surface area (TPSA) is 43.7 Å². The molecule has 0 amide bonds. The lowest BCUT2D eigenvalue weighted by Gasteiger charge is -2.27. The highest BCUT2D eigenvalue weighted by molar-refractivity contribution is 4.78. The fourth-order valence-electron chi connectivity index (χ4n) is 2.00. The van der Waals surface area contributed by atoms with E-state index < -0.39 is 0 Å². The fraction of sp³-hybridized carbons (Fsp3) is 1.00. The third-order valence-electron chi connectivity index (χ3n) is 3.35. The van der Waals surface area contributed by atoms with E-state index in [-0.39, 0.29) is 11.5 Å². The predicted octanol–water partition coefficient (Wildman–Crippen LogP) is 1.10. The van der Waals surface area contributed by atoms with Crippen molar-refractivity contribution in [2.45, 2.75) is 39.7 Å². The SMILES string of the molecule is CC(C)(C)C(O)CCN1CCC(CO)C1. The Bertz CT molecular complexity index is 189. The second kappa shape index (κ2) is 5.28. The first kappa shape index (κ1) is 12.9. The van der Waals surface area contributed by atoms with Crippen LogP contribution >= 0.6 is 0 Å². The van der Waals surface area contributed by atoms with Gasteiger partial charge in [-0.1, -0.05) is 20.8 Å².